The fraction of sp³-hybridized carbons (Fsp3) is 0.846. The van der Waals surface area contributed by atoms with E-state index >= 15 is 0 Å². The molecule has 1 aliphatic heterocycles. The van der Waals surface area contributed by atoms with Crippen molar-refractivity contribution < 1.29 is 14.7 Å². The number of rotatable bonds is 5. The van der Waals surface area contributed by atoms with Crippen LogP contribution < -0.4 is 5.32 Å². The molecule has 0 bridgehead atoms. The summed E-state index contributed by atoms with van der Waals surface area (Å²) in [6.07, 6.45) is 4.77. The van der Waals surface area contributed by atoms with Gasteiger partial charge in [-0.05, 0) is 25.2 Å². The molecule has 5 nitrogen and oxygen atoms in total. The summed E-state index contributed by atoms with van der Waals surface area (Å²) < 4.78 is 0. The molecule has 1 saturated heterocycles. The van der Waals surface area contributed by atoms with Crippen LogP contribution in [0.25, 0.3) is 0 Å². The summed E-state index contributed by atoms with van der Waals surface area (Å²) in [5.74, 6) is 0.0240. The highest BCUT2D eigenvalue weighted by Crippen LogP contribution is 2.34. The van der Waals surface area contributed by atoms with Crippen LogP contribution in [0.4, 0.5) is 4.79 Å². The number of aliphatic carboxylic acids is 1. The highest BCUT2D eigenvalue weighted by molar-refractivity contribution is 5.79. The van der Waals surface area contributed by atoms with Crippen LogP contribution in [0.5, 0.6) is 0 Å². The number of carboxylic acid groups (broad SMARTS) is 1. The van der Waals surface area contributed by atoms with Crippen molar-refractivity contribution in [2.24, 2.45) is 11.3 Å². The Labute approximate surface area is 108 Å². The van der Waals surface area contributed by atoms with Crippen LogP contribution in [0.2, 0.25) is 0 Å². The third-order valence-corrected chi connectivity index (χ3v) is 4.30. The molecule has 2 aliphatic rings. The molecule has 2 N–H and O–H groups in total. The molecule has 2 rings (SSSR count). The standard InChI is InChI=1S/C13H22N2O3/c1-2-13(11(16)17)6-8-15(9-13)12(18)14-7-5-10-3-4-10/h10H,2-9H2,1H3,(H,14,18)(H,16,17). The van der Waals surface area contributed by atoms with Crippen molar-refractivity contribution >= 4 is 12.0 Å². The van der Waals surface area contributed by atoms with E-state index in [0.29, 0.717) is 32.5 Å². The normalized spacial score (nSPS) is 27.3. The first-order chi connectivity index (χ1) is 8.57. The molecule has 1 atom stereocenters. The SMILES string of the molecule is CCC1(C(=O)O)CCN(C(=O)NCCC2CC2)C1. The Morgan fingerprint density at radius 1 is 1.44 bits per heavy atom. The van der Waals surface area contributed by atoms with Gasteiger partial charge in [-0.15, -0.1) is 0 Å². The molecule has 102 valence electrons. The number of hydrogen-bond acceptors (Lipinski definition) is 2. The quantitative estimate of drug-likeness (QED) is 0.784. The first-order valence-corrected chi connectivity index (χ1v) is 6.83. The van der Waals surface area contributed by atoms with Crippen LogP contribution in [0, 0.1) is 11.3 Å². The second-order valence-electron chi connectivity index (χ2n) is 5.57. The van der Waals surface area contributed by atoms with Gasteiger partial charge in [0.2, 0.25) is 0 Å². The summed E-state index contributed by atoms with van der Waals surface area (Å²) in [6, 6.07) is -0.104. The van der Waals surface area contributed by atoms with E-state index < -0.39 is 11.4 Å². The van der Waals surface area contributed by atoms with Crippen LogP contribution in [0.3, 0.4) is 0 Å². The molecular weight excluding hydrogens is 232 g/mol. The number of likely N-dealkylation sites (tertiary alicyclic amines) is 1. The van der Waals surface area contributed by atoms with Crippen LogP contribution in [0.15, 0.2) is 0 Å². The molecule has 0 aromatic carbocycles. The fourth-order valence-corrected chi connectivity index (χ4v) is 2.56. The summed E-state index contributed by atoms with van der Waals surface area (Å²) in [7, 11) is 0. The highest BCUT2D eigenvalue weighted by atomic mass is 16.4. The van der Waals surface area contributed by atoms with E-state index in [-0.39, 0.29) is 6.03 Å². The van der Waals surface area contributed by atoms with Gasteiger partial charge in [0, 0.05) is 19.6 Å². The smallest absolute Gasteiger partial charge is 0.317 e. The molecule has 0 aromatic rings. The highest BCUT2D eigenvalue weighted by Gasteiger charge is 2.44. The van der Waals surface area contributed by atoms with Gasteiger partial charge in [-0.1, -0.05) is 19.8 Å². The van der Waals surface area contributed by atoms with E-state index in [1.165, 1.54) is 12.8 Å². The zero-order valence-corrected chi connectivity index (χ0v) is 10.9. The minimum atomic E-state index is -0.779. The maximum absolute atomic E-state index is 11.9. The predicted molar refractivity (Wildman–Crippen MR) is 67.3 cm³/mol. The predicted octanol–water partition coefficient (Wildman–Crippen LogP) is 1.68. The molecule has 0 spiro atoms. The van der Waals surface area contributed by atoms with Gasteiger partial charge in [0.05, 0.1) is 5.41 Å². The largest absolute Gasteiger partial charge is 0.481 e. The summed E-state index contributed by atoms with van der Waals surface area (Å²) in [5, 5.41) is 12.2. The fourth-order valence-electron chi connectivity index (χ4n) is 2.56. The van der Waals surface area contributed by atoms with Gasteiger partial charge in [-0.25, -0.2) is 4.79 Å². The van der Waals surface area contributed by atoms with E-state index in [2.05, 4.69) is 5.32 Å². The van der Waals surface area contributed by atoms with E-state index in [1.807, 2.05) is 6.92 Å². The molecular formula is C13H22N2O3. The Balaban J connectivity index is 1.79. The molecule has 0 radical (unpaired) electrons. The van der Waals surface area contributed by atoms with Crippen molar-refractivity contribution in [3.63, 3.8) is 0 Å². The monoisotopic (exact) mass is 254 g/mol. The summed E-state index contributed by atoms with van der Waals surface area (Å²) in [5.41, 5.74) is -0.728. The van der Waals surface area contributed by atoms with Crippen molar-refractivity contribution in [3.8, 4) is 0 Å². The van der Waals surface area contributed by atoms with Crippen molar-refractivity contribution in [2.75, 3.05) is 19.6 Å². The molecule has 1 heterocycles. The van der Waals surface area contributed by atoms with E-state index in [0.717, 1.165) is 12.3 Å². The summed E-state index contributed by atoms with van der Waals surface area (Å²) in [4.78, 5) is 24.8. The Kier molecular flexibility index (Phi) is 3.78. The van der Waals surface area contributed by atoms with E-state index in [4.69, 9.17) is 0 Å². The Morgan fingerprint density at radius 3 is 2.67 bits per heavy atom. The van der Waals surface area contributed by atoms with Crippen molar-refractivity contribution in [3.05, 3.63) is 0 Å². The Hall–Kier alpha value is -1.26. The average molecular weight is 254 g/mol. The summed E-state index contributed by atoms with van der Waals surface area (Å²) in [6.45, 7) is 3.48. The van der Waals surface area contributed by atoms with Gasteiger partial charge in [-0.3, -0.25) is 4.79 Å². The lowest BCUT2D eigenvalue weighted by Crippen LogP contribution is -2.41. The van der Waals surface area contributed by atoms with E-state index in [9.17, 15) is 14.7 Å². The molecule has 1 saturated carbocycles. The van der Waals surface area contributed by atoms with Crippen LogP contribution in [-0.2, 0) is 4.79 Å². The number of urea groups is 1. The minimum absolute atomic E-state index is 0.104. The number of carbonyl (C=O) groups is 2. The molecule has 1 aliphatic carbocycles. The second-order valence-corrected chi connectivity index (χ2v) is 5.57. The number of hydrogen-bond donors (Lipinski definition) is 2. The topological polar surface area (TPSA) is 69.6 Å². The zero-order chi connectivity index (χ0) is 13.2. The molecule has 18 heavy (non-hydrogen) atoms. The van der Waals surface area contributed by atoms with Crippen LogP contribution >= 0.6 is 0 Å². The van der Waals surface area contributed by atoms with E-state index in [1.54, 1.807) is 4.90 Å². The number of carboxylic acids is 1. The third-order valence-electron chi connectivity index (χ3n) is 4.30. The Morgan fingerprint density at radius 2 is 2.17 bits per heavy atom. The minimum Gasteiger partial charge on any atom is -0.481 e. The van der Waals surface area contributed by atoms with Crippen molar-refractivity contribution in [2.45, 2.75) is 39.0 Å². The van der Waals surface area contributed by atoms with Crippen molar-refractivity contribution in [1.82, 2.24) is 10.2 Å². The maximum atomic E-state index is 11.9. The van der Waals surface area contributed by atoms with Gasteiger partial charge in [0.25, 0.3) is 0 Å². The number of nitrogens with zero attached hydrogens (tertiary/aromatic N) is 1. The summed E-state index contributed by atoms with van der Waals surface area (Å²) >= 11 is 0. The molecule has 2 amide bonds. The number of amides is 2. The lowest BCUT2D eigenvalue weighted by Gasteiger charge is -2.23. The van der Waals surface area contributed by atoms with Crippen LogP contribution in [-0.4, -0.2) is 41.6 Å². The first-order valence-electron chi connectivity index (χ1n) is 6.83. The average Bonchev–Trinajstić information content (AvgIpc) is 3.06. The van der Waals surface area contributed by atoms with Gasteiger partial charge in [0.15, 0.2) is 0 Å². The number of nitrogens with one attached hydrogen (secondary N) is 1. The van der Waals surface area contributed by atoms with Gasteiger partial charge >= 0.3 is 12.0 Å². The number of carbonyl (C=O) groups excluding carboxylic acids is 1. The molecule has 1 unspecified atom stereocenters. The molecule has 2 fully saturated rings. The lowest BCUT2D eigenvalue weighted by atomic mass is 9.84. The first kappa shape index (κ1) is 13.2. The molecule has 0 aromatic heterocycles. The lowest BCUT2D eigenvalue weighted by molar-refractivity contribution is -0.148. The maximum Gasteiger partial charge on any atom is 0.317 e. The second kappa shape index (κ2) is 5.16. The molecule has 5 heteroatoms. The van der Waals surface area contributed by atoms with Gasteiger partial charge in [-0.2, -0.15) is 0 Å². The van der Waals surface area contributed by atoms with Crippen LogP contribution in [0.1, 0.15) is 39.0 Å². The van der Waals surface area contributed by atoms with Crippen molar-refractivity contribution in [1.29, 1.82) is 0 Å². The van der Waals surface area contributed by atoms with Gasteiger partial charge < -0.3 is 15.3 Å². The third kappa shape index (κ3) is 2.76. The Bertz CT molecular complexity index is 341. The van der Waals surface area contributed by atoms with Gasteiger partial charge in [0.1, 0.15) is 0 Å². The zero-order valence-electron chi connectivity index (χ0n) is 10.9.